The molecule has 1 heterocycles. The van der Waals surface area contributed by atoms with Gasteiger partial charge in [-0.25, -0.2) is 0 Å². The fourth-order valence-corrected chi connectivity index (χ4v) is 2.12. The zero-order valence-corrected chi connectivity index (χ0v) is 10.4. The molecule has 0 aromatic heterocycles. The Labute approximate surface area is 107 Å². The largest absolute Gasteiger partial charge is 0.494 e. The van der Waals surface area contributed by atoms with E-state index < -0.39 is 5.91 Å². The van der Waals surface area contributed by atoms with E-state index in [4.69, 9.17) is 15.2 Å². The van der Waals surface area contributed by atoms with Crippen LogP contribution < -0.4 is 10.5 Å². The lowest BCUT2D eigenvalue weighted by molar-refractivity contribution is 0.0462. The molecule has 1 fully saturated rings. The third-order valence-corrected chi connectivity index (χ3v) is 3.17. The lowest BCUT2D eigenvalue weighted by Gasteiger charge is -2.21. The van der Waals surface area contributed by atoms with Crippen LogP contribution in [0.4, 0.5) is 0 Å². The highest BCUT2D eigenvalue weighted by atomic mass is 16.5. The molecule has 0 radical (unpaired) electrons. The molecule has 4 heteroatoms. The molecule has 1 amide bonds. The highest BCUT2D eigenvalue weighted by Crippen LogP contribution is 2.18. The van der Waals surface area contributed by atoms with E-state index in [2.05, 4.69) is 0 Å². The Balaban J connectivity index is 1.78. The first-order chi connectivity index (χ1) is 8.75. The molecule has 4 nitrogen and oxygen atoms in total. The van der Waals surface area contributed by atoms with Gasteiger partial charge in [-0.1, -0.05) is 6.07 Å². The zero-order chi connectivity index (χ0) is 12.8. The van der Waals surface area contributed by atoms with E-state index in [1.54, 1.807) is 18.2 Å². The molecule has 1 atom stereocenters. The van der Waals surface area contributed by atoms with E-state index in [-0.39, 0.29) is 0 Å². The van der Waals surface area contributed by atoms with Gasteiger partial charge in [0.1, 0.15) is 5.75 Å². The van der Waals surface area contributed by atoms with Gasteiger partial charge in [0.25, 0.3) is 0 Å². The van der Waals surface area contributed by atoms with Crippen LogP contribution in [0.3, 0.4) is 0 Å². The zero-order valence-electron chi connectivity index (χ0n) is 10.4. The van der Waals surface area contributed by atoms with Crippen molar-refractivity contribution >= 4 is 5.91 Å². The van der Waals surface area contributed by atoms with Crippen LogP contribution in [-0.2, 0) is 4.74 Å². The van der Waals surface area contributed by atoms with Gasteiger partial charge in [0.2, 0.25) is 5.91 Å². The second-order valence-corrected chi connectivity index (χ2v) is 4.61. The predicted molar refractivity (Wildman–Crippen MR) is 68.6 cm³/mol. The number of hydrogen-bond acceptors (Lipinski definition) is 3. The van der Waals surface area contributed by atoms with Crippen molar-refractivity contribution < 1.29 is 14.3 Å². The van der Waals surface area contributed by atoms with Crippen molar-refractivity contribution in [1.82, 2.24) is 0 Å². The van der Waals surface area contributed by atoms with Crippen LogP contribution >= 0.6 is 0 Å². The molecule has 1 unspecified atom stereocenters. The summed E-state index contributed by atoms with van der Waals surface area (Å²) in [4.78, 5) is 11.0. The van der Waals surface area contributed by atoms with E-state index in [1.165, 1.54) is 6.42 Å². The number of primary amides is 1. The maximum Gasteiger partial charge on any atom is 0.248 e. The Morgan fingerprint density at radius 3 is 3.11 bits per heavy atom. The summed E-state index contributed by atoms with van der Waals surface area (Å²) in [6.45, 7) is 2.37. The molecule has 1 aromatic rings. The minimum Gasteiger partial charge on any atom is -0.494 e. The number of ether oxygens (including phenoxy) is 2. The standard InChI is InChI=1S/C14H19NO3/c15-14(16)12-4-1-5-13(9-12)18-8-6-11-3-2-7-17-10-11/h1,4-5,9,11H,2-3,6-8,10H2,(H2,15,16). The van der Waals surface area contributed by atoms with Crippen molar-refractivity contribution in [3.05, 3.63) is 29.8 Å². The van der Waals surface area contributed by atoms with E-state index in [1.807, 2.05) is 6.07 Å². The Morgan fingerprint density at radius 2 is 2.39 bits per heavy atom. The lowest BCUT2D eigenvalue weighted by Crippen LogP contribution is -2.19. The van der Waals surface area contributed by atoms with E-state index in [0.717, 1.165) is 26.1 Å². The highest BCUT2D eigenvalue weighted by Gasteiger charge is 2.13. The summed E-state index contributed by atoms with van der Waals surface area (Å²) in [6, 6.07) is 6.98. The fraction of sp³-hybridized carbons (Fsp3) is 0.500. The number of amides is 1. The van der Waals surface area contributed by atoms with Gasteiger partial charge in [-0.2, -0.15) is 0 Å². The number of nitrogens with two attached hydrogens (primary N) is 1. The predicted octanol–water partition coefficient (Wildman–Crippen LogP) is 1.98. The molecule has 2 N–H and O–H groups in total. The third-order valence-electron chi connectivity index (χ3n) is 3.17. The Kier molecular flexibility index (Phi) is 4.59. The Bertz CT molecular complexity index is 400. The maximum atomic E-state index is 11.0. The molecule has 1 saturated heterocycles. The summed E-state index contributed by atoms with van der Waals surface area (Å²) >= 11 is 0. The first kappa shape index (κ1) is 12.9. The first-order valence-electron chi connectivity index (χ1n) is 6.36. The fourth-order valence-electron chi connectivity index (χ4n) is 2.12. The van der Waals surface area contributed by atoms with Crippen LogP contribution in [0, 0.1) is 5.92 Å². The molecule has 1 aromatic carbocycles. The van der Waals surface area contributed by atoms with Crippen LogP contribution in [0.1, 0.15) is 29.6 Å². The molecule has 0 spiro atoms. The van der Waals surface area contributed by atoms with Crippen LogP contribution in [0.5, 0.6) is 5.75 Å². The minimum atomic E-state index is -0.430. The van der Waals surface area contributed by atoms with Crippen molar-refractivity contribution in [2.75, 3.05) is 19.8 Å². The summed E-state index contributed by atoms with van der Waals surface area (Å²) in [5.41, 5.74) is 5.70. The van der Waals surface area contributed by atoms with Crippen molar-refractivity contribution in [2.24, 2.45) is 11.7 Å². The first-order valence-corrected chi connectivity index (χ1v) is 6.36. The number of carbonyl (C=O) groups is 1. The highest BCUT2D eigenvalue weighted by molar-refractivity contribution is 5.93. The number of rotatable bonds is 5. The summed E-state index contributed by atoms with van der Waals surface area (Å²) in [5.74, 6) is 0.863. The van der Waals surface area contributed by atoms with Crippen LogP contribution in [0.2, 0.25) is 0 Å². The number of carbonyl (C=O) groups excluding carboxylic acids is 1. The van der Waals surface area contributed by atoms with Crippen molar-refractivity contribution in [1.29, 1.82) is 0 Å². The van der Waals surface area contributed by atoms with Gasteiger partial charge in [0, 0.05) is 18.8 Å². The van der Waals surface area contributed by atoms with Crippen molar-refractivity contribution in [3.8, 4) is 5.75 Å². The molecule has 18 heavy (non-hydrogen) atoms. The second kappa shape index (κ2) is 6.40. The van der Waals surface area contributed by atoms with Gasteiger partial charge >= 0.3 is 0 Å². The van der Waals surface area contributed by atoms with Crippen LogP contribution in [0.25, 0.3) is 0 Å². The molecular weight excluding hydrogens is 230 g/mol. The van der Waals surface area contributed by atoms with E-state index in [9.17, 15) is 4.79 Å². The molecule has 1 aliphatic rings. The second-order valence-electron chi connectivity index (χ2n) is 4.61. The molecule has 2 rings (SSSR count). The monoisotopic (exact) mass is 249 g/mol. The lowest BCUT2D eigenvalue weighted by atomic mass is 9.99. The SMILES string of the molecule is NC(=O)c1cccc(OCCC2CCCOC2)c1. The van der Waals surface area contributed by atoms with Gasteiger partial charge in [0.05, 0.1) is 6.61 Å². The van der Waals surface area contributed by atoms with Gasteiger partial charge in [-0.15, -0.1) is 0 Å². The summed E-state index contributed by atoms with van der Waals surface area (Å²) in [6.07, 6.45) is 3.34. The van der Waals surface area contributed by atoms with E-state index >= 15 is 0 Å². The van der Waals surface area contributed by atoms with E-state index in [0.29, 0.717) is 23.8 Å². The van der Waals surface area contributed by atoms with Crippen molar-refractivity contribution in [3.63, 3.8) is 0 Å². The molecule has 0 bridgehead atoms. The molecular formula is C14H19NO3. The summed E-state index contributed by atoms with van der Waals surface area (Å²) in [5, 5.41) is 0. The van der Waals surface area contributed by atoms with Gasteiger partial charge in [-0.05, 0) is 43.4 Å². The Morgan fingerprint density at radius 1 is 1.50 bits per heavy atom. The molecule has 1 aliphatic heterocycles. The smallest absolute Gasteiger partial charge is 0.248 e. The van der Waals surface area contributed by atoms with Crippen molar-refractivity contribution in [2.45, 2.75) is 19.3 Å². The summed E-state index contributed by atoms with van der Waals surface area (Å²) < 4.78 is 11.1. The quantitative estimate of drug-likeness (QED) is 0.868. The van der Waals surface area contributed by atoms with Gasteiger partial charge in [0.15, 0.2) is 0 Å². The number of benzene rings is 1. The maximum absolute atomic E-state index is 11.0. The minimum absolute atomic E-state index is 0.430. The molecule has 0 saturated carbocycles. The average molecular weight is 249 g/mol. The third kappa shape index (κ3) is 3.74. The topological polar surface area (TPSA) is 61.6 Å². The number of hydrogen-bond donors (Lipinski definition) is 1. The van der Waals surface area contributed by atoms with Gasteiger partial charge in [-0.3, -0.25) is 4.79 Å². The normalized spacial score (nSPS) is 19.4. The van der Waals surface area contributed by atoms with Crippen LogP contribution in [-0.4, -0.2) is 25.7 Å². The molecule has 0 aliphatic carbocycles. The summed E-state index contributed by atoms with van der Waals surface area (Å²) in [7, 11) is 0. The molecule has 98 valence electrons. The van der Waals surface area contributed by atoms with Gasteiger partial charge < -0.3 is 15.2 Å². The van der Waals surface area contributed by atoms with Crippen LogP contribution in [0.15, 0.2) is 24.3 Å². The average Bonchev–Trinajstić information content (AvgIpc) is 2.40. The Hall–Kier alpha value is -1.55.